The number of likely N-dealkylation sites (tertiary alicyclic amines) is 1. The molecular weight excluding hydrogens is 293 g/mol. The summed E-state index contributed by atoms with van der Waals surface area (Å²) in [7, 11) is 0. The molecule has 2 fully saturated rings. The first kappa shape index (κ1) is 16.2. The number of fused-ring (bicyclic) bond motifs is 1. The van der Waals surface area contributed by atoms with Crippen molar-refractivity contribution in [2.75, 3.05) is 25.0 Å². The molecule has 1 aliphatic carbocycles. The smallest absolute Gasteiger partial charge is 0.238 e. The predicted molar refractivity (Wildman–Crippen MR) is 82.9 cm³/mol. The Morgan fingerprint density at radius 3 is 2.81 bits per heavy atom. The summed E-state index contributed by atoms with van der Waals surface area (Å²) in [6.07, 6.45) is 2.27. The number of nitrogens with zero attached hydrogens (tertiary/aromatic N) is 1. The molecule has 1 aromatic carbocycles. The molecule has 1 heterocycles. The second-order valence-electron chi connectivity index (χ2n) is 5.89. The van der Waals surface area contributed by atoms with Crippen molar-refractivity contribution >= 4 is 24.0 Å². The van der Waals surface area contributed by atoms with Crippen LogP contribution in [0.2, 0.25) is 0 Å². The molecule has 3 N–H and O–H groups in total. The summed E-state index contributed by atoms with van der Waals surface area (Å²) in [5.41, 5.74) is 6.32. The number of carbonyl (C=O) groups excluding carboxylic acids is 1. The quantitative estimate of drug-likeness (QED) is 0.895. The lowest BCUT2D eigenvalue weighted by atomic mass is 9.98. The Hall–Kier alpha value is -1.17. The zero-order valence-corrected chi connectivity index (χ0v) is 12.6. The van der Waals surface area contributed by atoms with Crippen LogP contribution in [0.5, 0.6) is 0 Å². The SMILES string of the molecule is Cl.NC1CCC2CN(CC(=O)Nc3ccccc3F)CC12. The fraction of sp³-hybridized carbons (Fsp3) is 0.533. The summed E-state index contributed by atoms with van der Waals surface area (Å²) in [4.78, 5) is 14.1. The largest absolute Gasteiger partial charge is 0.327 e. The lowest BCUT2D eigenvalue weighted by molar-refractivity contribution is -0.117. The minimum absolute atomic E-state index is 0. The van der Waals surface area contributed by atoms with Gasteiger partial charge in [-0.15, -0.1) is 12.4 Å². The van der Waals surface area contributed by atoms with Gasteiger partial charge in [0.1, 0.15) is 5.82 Å². The molecule has 1 amide bonds. The van der Waals surface area contributed by atoms with Gasteiger partial charge in [0.15, 0.2) is 0 Å². The average Bonchev–Trinajstić information content (AvgIpc) is 2.95. The normalized spacial score (nSPS) is 28.0. The maximum Gasteiger partial charge on any atom is 0.238 e. The van der Waals surface area contributed by atoms with E-state index in [0.29, 0.717) is 18.4 Å². The van der Waals surface area contributed by atoms with Crippen LogP contribution in [0, 0.1) is 17.7 Å². The van der Waals surface area contributed by atoms with E-state index in [2.05, 4.69) is 10.2 Å². The minimum atomic E-state index is -0.402. The van der Waals surface area contributed by atoms with E-state index in [1.54, 1.807) is 18.2 Å². The molecule has 1 saturated carbocycles. The highest BCUT2D eigenvalue weighted by Crippen LogP contribution is 2.36. The maximum atomic E-state index is 13.5. The fourth-order valence-electron chi connectivity index (χ4n) is 3.48. The molecule has 0 aromatic heterocycles. The van der Waals surface area contributed by atoms with Gasteiger partial charge < -0.3 is 11.1 Å². The van der Waals surface area contributed by atoms with E-state index in [4.69, 9.17) is 5.73 Å². The van der Waals surface area contributed by atoms with Gasteiger partial charge in [-0.3, -0.25) is 9.69 Å². The summed E-state index contributed by atoms with van der Waals surface area (Å²) in [6.45, 7) is 2.13. The van der Waals surface area contributed by atoms with Gasteiger partial charge in [0.25, 0.3) is 0 Å². The highest BCUT2D eigenvalue weighted by molar-refractivity contribution is 5.92. The highest BCUT2D eigenvalue weighted by Gasteiger charge is 2.41. The molecule has 6 heteroatoms. The van der Waals surface area contributed by atoms with Crippen molar-refractivity contribution in [3.8, 4) is 0 Å². The number of halogens is 2. The minimum Gasteiger partial charge on any atom is -0.327 e. The molecule has 1 aliphatic heterocycles. The number of carbonyl (C=O) groups is 1. The van der Waals surface area contributed by atoms with Crippen LogP contribution in [0.1, 0.15) is 12.8 Å². The van der Waals surface area contributed by atoms with Crippen LogP contribution in [0.3, 0.4) is 0 Å². The van der Waals surface area contributed by atoms with Gasteiger partial charge in [0.2, 0.25) is 5.91 Å². The summed E-state index contributed by atoms with van der Waals surface area (Å²) < 4.78 is 13.5. The lowest BCUT2D eigenvalue weighted by Gasteiger charge is -2.18. The van der Waals surface area contributed by atoms with Crippen molar-refractivity contribution in [3.63, 3.8) is 0 Å². The number of benzene rings is 1. The first-order chi connectivity index (χ1) is 9.63. The van der Waals surface area contributed by atoms with E-state index in [1.165, 1.54) is 6.07 Å². The van der Waals surface area contributed by atoms with Crippen LogP contribution in [-0.4, -0.2) is 36.5 Å². The molecule has 4 nitrogen and oxygen atoms in total. The van der Waals surface area contributed by atoms with Crippen molar-refractivity contribution in [1.29, 1.82) is 0 Å². The van der Waals surface area contributed by atoms with Crippen LogP contribution < -0.4 is 11.1 Å². The van der Waals surface area contributed by atoms with Crippen molar-refractivity contribution < 1.29 is 9.18 Å². The second-order valence-corrected chi connectivity index (χ2v) is 5.89. The van der Waals surface area contributed by atoms with E-state index in [0.717, 1.165) is 25.9 Å². The van der Waals surface area contributed by atoms with E-state index >= 15 is 0 Å². The summed E-state index contributed by atoms with van der Waals surface area (Å²) in [5.74, 6) is 0.590. The van der Waals surface area contributed by atoms with E-state index in [9.17, 15) is 9.18 Å². The van der Waals surface area contributed by atoms with Gasteiger partial charge in [0.05, 0.1) is 12.2 Å². The van der Waals surface area contributed by atoms with Crippen molar-refractivity contribution in [2.24, 2.45) is 17.6 Å². The number of hydrogen-bond acceptors (Lipinski definition) is 3. The molecule has 0 spiro atoms. The number of anilines is 1. The zero-order chi connectivity index (χ0) is 14.1. The van der Waals surface area contributed by atoms with Gasteiger partial charge >= 0.3 is 0 Å². The monoisotopic (exact) mass is 313 g/mol. The predicted octanol–water partition coefficient (Wildman–Crippen LogP) is 1.86. The molecular formula is C15H21ClFN3O. The molecule has 3 atom stereocenters. The van der Waals surface area contributed by atoms with Gasteiger partial charge in [-0.05, 0) is 36.8 Å². The molecule has 1 saturated heterocycles. The Balaban J connectivity index is 0.00000161. The lowest BCUT2D eigenvalue weighted by Crippen LogP contribution is -2.34. The van der Waals surface area contributed by atoms with Crippen molar-refractivity contribution in [1.82, 2.24) is 4.90 Å². The van der Waals surface area contributed by atoms with Crippen LogP contribution in [-0.2, 0) is 4.79 Å². The number of amides is 1. The van der Waals surface area contributed by atoms with Crippen molar-refractivity contribution in [2.45, 2.75) is 18.9 Å². The Morgan fingerprint density at radius 1 is 1.33 bits per heavy atom. The third-order valence-corrected chi connectivity index (χ3v) is 4.50. The highest BCUT2D eigenvalue weighted by atomic mass is 35.5. The maximum absolute atomic E-state index is 13.5. The molecule has 3 rings (SSSR count). The van der Waals surface area contributed by atoms with Crippen LogP contribution in [0.15, 0.2) is 24.3 Å². The summed E-state index contributed by atoms with van der Waals surface area (Å²) in [6, 6.07) is 6.50. The van der Waals surface area contributed by atoms with E-state index in [1.807, 2.05) is 0 Å². The number of nitrogens with one attached hydrogen (secondary N) is 1. The Bertz CT molecular complexity index is 513. The molecule has 0 bridgehead atoms. The molecule has 0 radical (unpaired) electrons. The summed E-state index contributed by atoms with van der Waals surface area (Å²) in [5, 5.41) is 2.63. The summed E-state index contributed by atoms with van der Waals surface area (Å²) >= 11 is 0. The number of hydrogen-bond donors (Lipinski definition) is 2. The first-order valence-corrected chi connectivity index (χ1v) is 7.16. The Morgan fingerprint density at radius 2 is 2.10 bits per heavy atom. The molecule has 21 heavy (non-hydrogen) atoms. The van der Waals surface area contributed by atoms with Crippen LogP contribution in [0.25, 0.3) is 0 Å². The number of para-hydroxylation sites is 1. The Kier molecular flexibility index (Phi) is 5.19. The topological polar surface area (TPSA) is 58.4 Å². The van der Waals surface area contributed by atoms with Gasteiger partial charge in [-0.25, -0.2) is 4.39 Å². The molecule has 3 unspecified atom stereocenters. The van der Waals surface area contributed by atoms with Crippen molar-refractivity contribution in [3.05, 3.63) is 30.1 Å². The molecule has 116 valence electrons. The zero-order valence-electron chi connectivity index (χ0n) is 11.8. The Labute approximate surface area is 130 Å². The number of nitrogens with two attached hydrogens (primary N) is 1. The molecule has 1 aromatic rings. The van der Waals surface area contributed by atoms with Crippen LogP contribution >= 0.6 is 12.4 Å². The van der Waals surface area contributed by atoms with Gasteiger partial charge in [-0.1, -0.05) is 12.1 Å². The van der Waals surface area contributed by atoms with E-state index in [-0.39, 0.29) is 30.0 Å². The van der Waals surface area contributed by atoms with Gasteiger partial charge in [-0.2, -0.15) is 0 Å². The van der Waals surface area contributed by atoms with Crippen LogP contribution in [0.4, 0.5) is 10.1 Å². The third kappa shape index (κ3) is 3.54. The van der Waals surface area contributed by atoms with E-state index < -0.39 is 5.82 Å². The first-order valence-electron chi connectivity index (χ1n) is 7.16. The fourth-order valence-corrected chi connectivity index (χ4v) is 3.48. The molecule has 2 aliphatic rings. The average molecular weight is 314 g/mol. The second kappa shape index (κ2) is 6.73. The number of rotatable bonds is 3. The van der Waals surface area contributed by atoms with Gasteiger partial charge in [0, 0.05) is 19.1 Å². The standard InChI is InChI=1S/C15H20FN3O.ClH/c16-12-3-1-2-4-14(12)18-15(20)9-19-7-10-5-6-13(17)11(10)8-19;/h1-4,10-11,13H,5-9,17H2,(H,18,20);1H. The third-order valence-electron chi connectivity index (χ3n) is 4.50.